The van der Waals surface area contributed by atoms with E-state index in [1.807, 2.05) is 0 Å². The lowest BCUT2D eigenvalue weighted by atomic mass is 10.4. The van der Waals surface area contributed by atoms with Gasteiger partial charge in [0.1, 0.15) is 0 Å². The van der Waals surface area contributed by atoms with Crippen LogP contribution in [-0.2, 0) is 8.85 Å². The molecule has 114 valence electrons. The lowest BCUT2D eigenvalue weighted by molar-refractivity contribution is 0.312. The molecule has 0 unspecified atom stereocenters. The first-order valence-corrected chi connectivity index (χ1v) is 13.5. The topological polar surface area (TPSA) is 18.5 Å². The van der Waals surface area contributed by atoms with E-state index in [0.717, 1.165) is 26.1 Å². The highest BCUT2D eigenvalue weighted by atomic mass is 28.4. The van der Waals surface area contributed by atoms with Gasteiger partial charge in [-0.15, -0.1) is 0 Å². The maximum absolute atomic E-state index is 6.21. The Balaban J connectivity index is 3.09. The predicted molar refractivity (Wildman–Crippen MR) is 93.2 cm³/mol. The third-order valence-electron chi connectivity index (χ3n) is 3.56. The minimum atomic E-state index is -1.84. The molecule has 1 aromatic carbocycles. The van der Waals surface area contributed by atoms with E-state index in [4.69, 9.17) is 8.85 Å². The van der Waals surface area contributed by atoms with Crippen molar-refractivity contribution in [2.45, 2.75) is 52.9 Å². The van der Waals surface area contributed by atoms with E-state index in [1.165, 1.54) is 10.4 Å². The van der Waals surface area contributed by atoms with Crippen LogP contribution in [0.25, 0.3) is 0 Å². The van der Waals surface area contributed by atoms with E-state index in [-0.39, 0.29) is 0 Å². The van der Waals surface area contributed by atoms with Crippen LogP contribution < -0.4 is 10.4 Å². The van der Waals surface area contributed by atoms with E-state index in [1.54, 1.807) is 0 Å². The first-order valence-electron chi connectivity index (χ1n) is 7.73. The fourth-order valence-corrected chi connectivity index (χ4v) is 8.41. The molecular weight excluding hydrogens is 280 g/mol. The van der Waals surface area contributed by atoms with E-state index < -0.39 is 16.6 Å². The van der Waals surface area contributed by atoms with Crippen molar-refractivity contribution in [1.29, 1.82) is 0 Å². The second-order valence-corrected chi connectivity index (χ2v) is 14.0. The second-order valence-electron chi connectivity index (χ2n) is 6.26. The van der Waals surface area contributed by atoms with Crippen LogP contribution in [0.4, 0.5) is 0 Å². The van der Waals surface area contributed by atoms with E-state index >= 15 is 0 Å². The Kier molecular flexibility index (Phi) is 6.65. The van der Waals surface area contributed by atoms with Gasteiger partial charge >= 0.3 is 0 Å². The van der Waals surface area contributed by atoms with Crippen molar-refractivity contribution >= 4 is 27.0 Å². The third-order valence-corrected chi connectivity index (χ3v) is 9.13. The fourth-order valence-electron chi connectivity index (χ4n) is 2.40. The molecule has 0 aliphatic carbocycles. The van der Waals surface area contributed by atoms with Crippen LogP contribution in [0.2, 0.25) is 26.2 Å². The molecule has 0 aromatic heterocycles. The summed E-state index contributed by atoms with van der Waals surface area (Å²) in [7, 11) is -3.68. The Bertz CT molecular complexity index is 378. The molecule has 4 heteroatoms. The normalized spacial score (nSPS) is 12.7. The van der Waals surface area contributed by atoms with Gasteiger partial charge < -0.3 is 8.85 Å². The van der Waals surface area contributed by atoms with E-state index in [2.05, 4.69) is 64.3 Å². The largest absolute Gasteiger partial charge is 0.413 e. The summed E-state index contributed by atoms with van der Waals surface area (Å²) in [6.45, 7) is 15.2. The maximum atomic E-state index is 6.21. The Labute approximate surface area is 126 Å². The summed E-state index contributed by atoms with van der Waals surface area (Å²) >= 11 is 0. The van der Waals surface area contributed by atoms with Gasteiger partial charge in [0, 0.05) is 13.2 Å². The lowest BCUT2D eigenvalue weighted by Gasteiger charge is -2.31. The van der Waals surface area contributed by atoms with Gasteiger partial charge in [0.2, 0.25) is 16.6 Å². The van der Waals surface area contributed by atoms with Gasteiger partial charge in [-0.1, -0.05) is 38.1 Å². The molecule has 0 aliphatic rings. The first-order chi connectivity index (χ1) is 9.35. The van der Waals surface area contributed by atoms with Gasteiger partial charge in [-0.25, -0.2) is 0 Å². The second kappa shape index (κ2) is 7.54. The van der Waals surface area contributed by atoms with Crippen molar-refractivity contribution < 1.29 is 8.85 Å². The van der Waals surface area contributed by atoms with Crippen LogP contribution in [0.3, 0.4) is 0 Å². The summed E-state index contributed by atoms with van der Waals surface area (Å²) in [5, 5.41) is 2.84. The zero-order chi connectivity index (χ0) is 15.2. The summed E-state index contributed by atoms with van der Waals surface area (Å²) in [6.07, 6.45) is 2.15. The highest BCUT2D eigenvalue weighted by molar-refractivity contribution is 6.94. The summed E-state index contributed by atoms with van der Waals surface area (Å²) < 4.78 is 12.4. The zero-order valence-electron chi connectivity index (χ0n) is 14.0. The molecule has 0 amide bonds. The number of benzene rings is 1. The molecule has 0 bridgehead atoms. The molecule has 2 nitrogen and oxygen atoms in total. The Hall–Kier alpha value is -0.426. The average molecular weight is 311 g/mol. The minimum Gasteiger partial charge on any atom is -0.413 e. The smallest absolute Gasteiger partial charge is 0.218 e. The monoisotopic (exact) mass is 310 g/mol. The summed E-state index contributed by atoms with van der Waals surface area (Å²) in [4.78, 5) is 0. The lowest BCUT2D eigenvalue weighted by Crippen LogP contribution is -2.61. The van der Waals surface area contributed by atoms with E-state index in [0.29, 0.717) is 0 Å². The molecular formula is C16H30O2Si2. The number of hydrogen-bond acceptors (Lipinski definition) is 2. The van der Waals surface area contributed by atoms with Crippen molar-refractivity contribution in [3.05, 3.63) is 24.3 Å². The Morgan fingerprint density at radius 2 is 1.10 bits per heavy atom. The molecule has 0 saturated heterocycles. The van der Waals surface area contributed by atoms with Crippen molar-refractivity contribution in [2.24, 2.45) is 0 Å². The van der Waals surface area contributed by atoms with Crippen LogP contribution in [-0.4, -0.2) is 29.8 Å². The molecule has 0 spiro atoms. The van der Waals surface area contributed by atoms with Gasteiger partial charge in [-0.3, -0.25) is 0 Å². The van der Waals surface area contributed by atoms with Crippen molar-refractivity contribution in [3.8, 4) is 0 Å². The summed E-state index contributed by atoms with van der Waals surface area (Å²) in [6, 6.07) is 8.77. The highest BCUT2D eigenvalue weighted by Crippen LogP contribution is 2.11. The van der Waals surface area contributed by atoms with E-state index in [9.17, 15) is 0 Å². The SMILES string of the molecule is CCCO[Si](C)(C)c1ccccc1[Si](C)(C)OCCC. The molecule has 0 fully saturated rings. The van der Waals surface area contributed by atoms with Crippen molar-refractivity contribution in [2.75, 3.05) is 13.2 Å². The Morgan fingerprint density at radius 1 is 0.750 bits per heavy atom. The third kappa shape index (κ3) is 4.55. The predicted octanol–water partition coefficient (Wildman–Crippen LogP) is 3.36. The highest BCUT2D eigenvalue weighted by Gasteiger charge is 2.35. The molecule has 0 aliphatic heterocycles. The van der Waals surface area contributed by atoms with Crippen LogP contribution in [0, 0.1) is 0 Å². The quantitative estimate of drug-likeness (QED) is 0.686. The molecule has 0 heterocycles. The molecule has 0 N–H and O–H groups in total. The Morgan fingerprint density at radius 3 is 1.40 bits per heavy atom. The number of rotatable bonds is 8. The summed E-state index contributed by atoms with van der Waals surface area (Å²) in [5.41, 5.74) is 0. The van der Waals surface area contributed by atoms with Crippen molar-refractivity contribution in [3.63, 3.8) is 0 Å². The minimum absolute atomic E-state index is 0.853. The molecule has 0 atom stereocenters. The van der Waals surface area contributed by atoms with Gasteiger partial charge in [0.15, 0.2) is 0 Å². The van der Waals surface area contributed by atoms with Gasteiger partial charge in [-0.2, -0.15) is 0 Å². The molecule has 1 aromatic rings. The van der Waals surface area contributed by atoms with Gasteiger partial charge in [0.25, 0.3) is 0 Å². The summed E-state index contributed by atoms with van der Waals surface area (Å²) in [5.74, 6) is 0. The standard InChI is InChI=1S/C16H30O2Si2/c1-7-13-17-19(3,4)15-11-9-10-12-16(15)20(5,6)18-14-8-2/h9-12H,7-8,13-14H2,1-6H3. The zero-order valence-corrected chi connectivity index (χ0v) is 16.0. The first kappa shape index (κ1) is 17.6. The molecule has 0 radical (unpaired) electrons. The van der Waals surface area contributed by atoms with Crippen LogP contribution >= 0.6 is 0 Å². The van der Waals surface area contributed by atoms with Gasteiger partial charge in [-0.05, 0) is 49.4 Å². The number of hydrogen-bond donors (Lipinski definition) is 0. The van der Waals surface area contributed by atoms with Gasteiger partial charge in [0.05, 0.1) is 0 Å². The van der Waals surface area contributed by atoms with Crippen LogP contribution in [0.5, 0.6) is 0 Å². The van der Waals surface area contributed by atoms with Crippen LogP contribution in [0.1, 0.15) is 26.7 Å². The maximum Gasteiger partial charge on any atom is 0.218 e. The molecule has 20 heavy (non-hydrogen) atoms. The molecule has 0 saturated carbocycles. The molecule has 1 rings (SSSR count). The average Bonchev–Trinajstić information content (AvgIpc) is 2.43. The fraction of sp³-hybridized carbons (Fsp3) is 0.625. The van der Waals surface area contributed by atoms with Crippen LogP contribution in [0.15, 0.2) is 24.3 Å². The van der Waals surface area contributed by atoms with Crippen molar-refractivity contribution in [1.82, 2.24) is 0 Å².